The van der Waals surface area contributed by atoms with Crippen LogP contribution in [0.4, 0.5) is 0 Å². The second-order valence-corrected chi connectivity index (χ2v) is 10.4. The van der Waals surface area contributed by atoms with Crippen molar-refractivity contribution in [2.45, 2.75) is 63.3 Å². The molecule has 1 aliphatic rings. The zero-order chi connectivity index (χ0) is 22.3. The molecule has 3 rings (SSSR count). The summed E-state index contributed by atoms with van der Waals surface area (Å²) < 4.78 is 29.9. The molecule has 2 aromatic rings. The Morgan fingerprint density at radius 3 is 2.52 bits per heavy atom. The molecule has 0 aliphatic carbocycles. The number of nitrogens with zero attached hydrogens (tertiary/aromatic N) is 3. The molecule has 1 fully saturated rings. The molecule has 8 nitrogen and oxygen atoms in total. The molecule has 170 valence electrons. The van der Waals surface area contributed by atoms with Crippen LogP contribution in [0.15, 0.2) is 33.7 Å². The van der Waals surface area contributed by atoms with Crippen LogP contribution in [0.25, 0.3) is 0 Å². The van der Waals surface area contributed by atoms with Gasteiger partial charge in [0.1, 0.15) is 0 Å². The SMILES string of the molecule is Cc1ccc(S(=O)(=O)CCc2noc(C(=O)NCC[C@@H](C)N3CCCCCC3)n2)cc1. The van der Waals surface area contributed by atoms with Gasteiger partial charge in [-0.3, -0.25) is 4.79 Å². The van der Waals surface area contributed by atoms with Crippen LogP contribution in [0, 0.1) is 6.92 Å². The van der Waals surface area contributed by atoms with Gasteiger partial charge in [0, 0.05) is 19.0 Å². The van der Waals surface area contributed by atoms with E-state index >= 15 is 0 Å². The summed E-state index contributed by atoms with van der Waals surface area (Å²) in [7, 11) is -3.45. The number of rotatable bonds is 9. The van der Waals surface area contributed by atoms with Crippen LogP contribution in [0.2, 0.25) is 0 Å². The average Bonchev–Trinajstić information content (AvgIpc) is 3.06. The van der Waals surface area contributed by atoms with Crippen molar-refractivity contribution in [1.82, 2.24) is 20.4 Å². The van der Waals surface area contributed by atoms with Crippen LogP contribution in [0.3, 0.4) is 0 Å². The highest BCUT2D eigenvalue weighted by Gasteiger charge is 2.20. The first-order valence-electron chi connectivity index (χ1n) is 11.0. The topological polar surface area (TPSA) is 105 Å². The number of hydrogen-bond acceptors (Lipinski definition) is 7. The molecule has 0 spiro atoms. The number of carbonyl (C=O) groups is 1. The minimum Gasteiger partial charge on any atom is -0.348 e. The van der Waals surface area contributed by atoms with Crippen molar-refractivity contribution in [2.75, 3.05) is 25.4 Å². The number of likely N-dealkylation sites (tertiary alicyclic amines) is 1. The Kier molecular flexibility index (Phi) is 8.20. The molecule has 0 saturated carbocycles. The molecule has 0 bridgehead atoms. The van der Waals surface area contributed by atoms with E-state index in [2.05, 4.69) is 27.3 Å². The molecule has 1 amide bonds. The number of amides is 1. The number of sulfone groups is 1. The zero-order valence-electron chi connectivity index (χ0n) is 18.3. The van der Waals surface area contributed by atoms with E-state index in [1.165, 1.54) is 25.7 Å². The van der Waals surface area contributed by atoms with Gasteiger partial charge in [-0.2, -0.15) is 4.98 Å². The highest BCUT2D eigenvalue weighted by Crippen LogP contribution is 2.15. The van der Waals surface area contributed by atoms with E-state index in [9.17, 15) is 13.2 Å². The Bertz CT molecular complexity index is 948. The van der Waals surface area contributed by atoms with Crippen molar-refractivity contribution >= 4 is 15.7 Å². The molecule has 1 aromatic carbocycles. The summed E-state index contributed by atoms with van der Waals surface area (Å²) in [6.07, 6.45) is 6.00. The lowest BCUT2D eigenvalue weighted by Crippen LogP contribution is -2.37. The quantitative estimate of drug-likeness (QED) is 0.629. The van der Waals surface area contributed by atoms with Crippen molar-refractivity contribution in [3.05, 3.63) is 41.5 Å². The summed E-state index contributed by atoms with van der Waals surface area (Å²) in [4.78, 5) is 19.1. The Labute approximate surface area is 184 Å². The van der Waals surface area contributed by atoms with Gasteiger partial charge in [0.2, 0.25) is 0 Å². The third-order valence-electron chi connectivity index (χ3n) is 5.75. The highest BCUT2D eigenvalue weighted by atomic mass is 32.2. The highest BCUT2D eigenvalue weighted by molar-refractivity contribution is 7.91. The molecule has 1 N–H and O–H groups in total. The van der Waals surface area contributed by atoms with Gasteiger partial charge in [0.25, 0.3) is 0 Å². The molecular formula is C22H32N4O4S. The van der Waals surface area contributed by atoms with E-state index in [0.717, 1.165) is 25.1 Å². The predicted molar refractivity (Wildman–Crippen MR) is 118 cm³/mol. The predicted octanol–water partition coefficient (Wildman–Crippen LogP) is 2.78. The van der Waals surface area contributed by atoms with E-state index in [-0.39, 0.29) is 28.8 Å². The second-order valence-electron chi connectivity index (χ2n) is 8.24. The lowest BCUT2D eigenvalue weighted by molar-refractivity contribution is 0.0904. The van der Waals surface area contributed by atoms with Crippen LogP contribution in [0.5, 0.6) is 0 Å². The molecule has 1 aliphatic heterocycles. The monoisotopic (exact) mass is 448 g/mol. The molecular weight excluding hydrogens is 416 g/mol. The maximum atomic E-state index is 12.4. The number of benzene rings is 1. The minimum atomic E-state index is -3.45. The standard InChI is InChI=1S/C22H32N4O4S/c1-17-7-9-19(10-8-17)31(28,29)16-12-20-24-22(30-25-20)21(27)23-13-11-18(2)26-14-5-3-4-6-15-26/h7-10,18H,3-6,11-16H2,1-2H3,(H,23,27)/t18-/m1/s1. The maximum absolute atomic E-state index is 12.4. The molecule has 31 heavy (non-hydrogen) atoms. The summed E-state index contributed by atoms with van der Waals surface area (Å²) in [5.41, 5.74) is 0.994. The molecule has 1 aromatic heterocycles. The number of carbonyl (C=O) groups excluding carboxylic acids is 1. The van der Waals surface area contributed by atoms with Gasteiger partial charge in [-0.05, 0) is 58.3 Å². The molecule has 1 atom stereocenters. The first-order chi connectivity index (χ1) is 14.8. The number of aryl methyl sites for hydroxylation is 2. The first kappa shape index (κ1) is 23.4. The average molecular weight is 449 g/mol. The van der Waals surface area contributed by atoms with E-state index in [4.69, 9.17) is 4.52 Å². The molecule has 2 heterocycles. The summed E-state index contributed by atoms with van der Waals surface area (Å²) in [6.45, 7) is 6.85. The van der Waals surface area contributed by atoms with Gasteiger partial charge >= 0.3 is 11.8 Å². The fourth-order valence-electron chi connectivity index (χ4n) is 3.73. The van der Waals surface area contributed by atoms with Crippen molar-refractivity contribution in [3.8, 4) is 0 Å². The van der Waals surface area contributed by atoms with Crippen LogP contribution < -0.4 is 5.32 Å². The van der Waals surface area contributed by atoms with Gasteiger partial charge < -0.3 is 14.7 Å². The molecule has 1 saturated heterocycles. The van der Waals surface area contributed by atoms with E-state index in [1.807, 2.05) is 6.92 Å². The van der Waals surface area contributed by atoms with Gasteiger partial charge in [-0.25, -0.2) is 8.42 Å². The fourth-order valence-corrected chi connectivity index (χ4v) is 4.96. The van der Waals surface area contributed by atoms with Gasteiger partial charge in [0.15, 0.2) is 15.7 Å². The summed E-state index contributed by atoms with van der Waals surface area (Å²) >= 11 is 0. The van der Waals surface area contributed by atoms with Crippen molar-refractivity contribution in [2.24, 2.45) is 0 Å². The summed E-state index contributed by atoms with van der Waals surface area (Å²) in [5.74, 6) is -0.503. The van der Waals surface area contributed by atoms with E-state index in [1.54, 1.807) is 24.3 Å². The second kappa shape index (κ2) is 10.9. The third kappa shape index (κ3) is 6.87. The Balaban J connectivity index is 1.45. The Morgan fingerprint density at radius 2 is 1.84 bits per heavy atom. The lowest BCUT2D eigenvalue weighted by Gasteiger charge is -2.27. The Morgan fingerprint density at radius 1 is 1.16 bits per heavy atom. The van der Waals surface area contributed by atoms with E-state index < -0.39 is 15.7 Å². The minimum absolute atomic E-state index is 0.0823. The normalized spacial score (nSPS) is 16.6. The lowest BCUT2D eigenvalue weighted by atomic mass is 10.2. The fraction of sp³-hybridized carbons (Fsp3) is 0.591. The van der Waals surface area contributed by atoms with Crippen molar-refractivity contribution in [1.29, 1.82) is 0 Å². The van der Waals surface area contributed by atoms with Gasteiger partial charge in [-0.1, -0.05) is 35.7 Å². The van der Waals surface area contributed by atoms with E-state index in [0.29, 0.717) is 12.6 Å². The largest absolute Gasteiger partial charge is 0.348 e. The molecule has 0 unspecified atom stereocenters. The third-order valence-corrected chi connectivity index (χ3v) is 7.48. The van der Waals surface area contributed by atoms with Crippen LogP contribution >= 0.6 is 0 Å². The van der Waals surface area contributed by atoms with Gasteiger partial charge in [-0.15, -0.1) is 0 Å². The molecule has 9 heteroatoms. The summed E-state index contributed by atoms with van der Waals surface area (Å²) in [5, 5.41) is 6.58. The van der Waals surface area contributed by atoms with Gasteiger partial charge in [0.05, 0.1) is 10.6 Å². The Hall–Kier alpha value is -2.26. The van der Waals surface area contributed by atoms with Crippen molar-refractivity contribution in [3.63, 3.8) is 0 Å². The van der Waals surface area contributed by atoms with Crippen molar-refractivity contribution < 1.29 is 17.7 Å². The number of nitrogens with one attached hydrogen (secondary N) is 1. The summed E-state index contributed by atoms with van der Waals surface area (Å²) in [6, 6.07) is 7.11. The first-order valence-corrected chi connectivity index (χ1v) is 12.6. The van der Waals surface area contributed by atoms with Crippen LogP contribution in [-0.2, 0) is 16.3 Å². The smallest absolute Gasteiger partial charge is 0.315 e. The zero-order valence-corrected chi connectivity index (χ0v) is 19.2. The van der Waals surface area contributed by atoms with Crippen LogP contribution in [-0.4, -0.2) is 60.8 Å². The number of hydrogen-bond donors (Lipinski definition) is 1. The maximum Gasteiger partial charge on any atom is 0.315 e. The number of aromatic nitrogens is 2. The van der Waals surface area contributed by atoms with Crippen LogP contribution in [0.1, 0.15) is 61.1 Å². The molecule has 0 radical (unpaired) electrons.